The molecule has 3 atom stereocenters. The molecule has 1 N–H and O–H groups in total. The lowest BCUT2D eigenvalue weighted by molar-refractivity contribution is -0.0472. The first kappa shape index (κ1) is 14.4. The van der Waals surface area contributed by atoms with Crippen LogP contribution in [0.3, 0.4) is 0 Å². The Labute approximate surface area is 116 Å². The summed E-state index contributed by atoms with van der Waals surface area (Å²) in [6, 6.07) is 7.32. The molecule has 0 amide bonds. The van der Waals surface area contributed by atoms with Crippen molar-refractivity contribution in [3.8, 4) is 5.75 Å². The van der Waals surface area contributed by atoms with Crippen molar-refractivity contribution in [1.82, 2.24) is 0 Å². The number of benzene rings is 1. The SMILES string of the molecule is CC(C)[C@@H]1CC[C@@H](C)C[C@H]1OCc1ccc(O)cc1. The molecule has 0 heterocycles. The molecular weight excluding hydrogens is 236 g/mol. The number of phenols is 1. The highest BCUT2D eigenvalue weighted by Gasteiger charge is 2.31. The van der Waals surface area contributed by atoms with Crippen molar-refractivity contribution in [3.05, 3.63) is 29.8 Å². The lowest BCUT2D eigenvalue weighted by Gasteiger charge is -2.37. The van der Waals surface area contributed by atoms with E-state index in [9.17, 15) is 5.11 Å². The van der Waals surface area contributed by atoms with E-state index in [0.29, 0.717) is 30.3 Å². The summed E-state index contributed by atoms with van der Waals surface area (Å²) in [4.78, 5) is 0. The predicted molar refractivity (Wildman–Crippen MR) is 78.0 cm³/mol. The molecule has 2 nitrogen and oxygen atoms in total. The fourth-order valence-corrected chi connectivity index (χ4v) is 3.10. The Morgan fingerprint density at radius 2 is 1.89 bits per heavy atom. The van der Waals surface area contributed by atoms with Crippen LogP contribution in [0.25, 0.3) is 0 Å². The smallest absolute Gasteiger partial charge is 0.115 e. The van der Waals surface area contributed by atoms with E-state index >= 15 is 0 Å². The third-order valence-electron chi connectivity index (χ3n) is 4.36. The van der Waals surface area contributed by atoms with Gasteiger partial charge in [-0.05, 0) is 48.3 Å². The average molecular weight is 262 g/mol. The van der Waals surface area contributed by atoms with Crippen molar-refractivity contribution in [2.45, 2.75) is 52.7 Å². The predicted octanol–water partition coefficient (Wildman–Crippen LogP) is 4.37. The maximum atomic E-state index is 9.28. The monoisotopic (exact) mass is 262 g/mol. The maximum Gasteiger partial charge on any atom is 0.115 e. The van der Waals surface area contributed by atoms with Crippen LogP contribution in [0.5, 0.6) is 5.75 Å². The van der Waals surface area contributed by atoms with Crippen LogP contribution in [0.1, 0.15) is 45.6 Å². The van der Waals surface area contributed by atoms with Gasteiger partial charge >= 0.3 is 0 Å². The van der Waals surface area contributed by atoms with Gasteiger partial charge in [-0.3, -0.25) is 0 Å². The first-order valence-electron chi connectivity index (χ1n) is 7.45. The Balaban J connectivity index is 1.93. The van der Waals surface area contributed by atoms with Crippen molar-refractivity contribution in [3.63, 3.8) is 0 Å². The zero-order valence-corrected chi connectivity index (χ0v) is 12.3. The minimum atomic E-state index is 0.315. The van der Waals surface area contributed by atoms with Crippen LogP contribution >= 0.6 is 0 Å². The van der Waals surface area contributed by atoms with Crippen LogP contribution in [0.4, 0.5) is 0 Å². The van der Waals surface area contributed by atoms with Gasteiger partial charge in [0.15, 0.2) is 0 Å². The zero-order valence-electron chi connectivity index (χ0n) is 12.3. The highest BCUT2D eigenvalue weighted by Crippen LogP contribution is 2.35. The second-order valence-electron chi connectivity index (χ2n) is 6.34. The van der Waals surface area contributed by atoms with E-state index in [-0.39, 0.29) is 0 Å². The Kier molecular flexibility index (Phi) is 4.87. The number of hydrogen-bond acceptors (Lipinski definition) is 2. The Bertz CT molecular complexity index is 383. The van der Waals surface area contributed by atoms with E-state index in [1.165, 1.54) is 19.3 Å². The first-order valence-corrected chi connectivity index (χ1v) is 7.45. The quantitative estimate of drug-likeness (QED) is 0.873. The fraction of sp³-hybridized carbons (Fsp3) is 0.647. The molecule has 2 heteroatoms. The van der Waals surface area contributed by atoms with Crippen LogP contribution in [0.2, 0.25) is 0 Å². The molecule has 0 aliphatic heterocycles. The van der Waals surface area contributed by atoms with Gasteiger partial charge < -0.3 is 9.84 Å². The maximum absolute atomic E-state index is 9.28. The summed E-state index contributed by atoms with van der Waals surface area (Å²) >= 11 is 0. The van der Waals surface area contributed by atoms with Crippen LogP contribution in [-0.2, 0) is 11.3 Å². The molecular formula is C17H26O2. The fourth-order valence-electron chi connectivity index (χ4n) is 3.10. The zero-order chi connectivity index (χ0) is 13.8. The van der Waals surface area contributed by atoms with Crippen molar-refractivity contribution in [2.75, 3.05) is 0 Å². The molecule has 2 rings (SSSR count). The summed E-state index contributed by atoms with van der Waals surface area (Å²) in [7, 11) is 0. The Morgan fingerprint density at radius 3 is 2.53 bits per heavy atom. The second-order valence-corrected chi connectivity index (χ2v) is 6.34. The molecule has 1 aliphatic carbocycles. The highest BCUT2D eigenvalue weighted by molar-refractivity contribution is 5.25. The van der Waals surface area contributed by atoms with Gasteiger partial charge in [-0.25, -0.2) is 0 Å². The van der Waals surface area contributed by atoms with Gasteiger partial charge in [0.05, 0.1) is 12.7 Å². The van der Waals surface area contributed by atoms with E-state index in [2.05, 4.69) is 20.8 Å². The van der Waals surface area contributed by atoms with Gasteiger partial charge in [-0.15, -0.1) is 0 Å². The summed E-state index contributed by atoms with van der Waals surface area (Å²) in [5, 5.41) is 9.28. The minimum absolute atomic E-state index is 0.315. The van der Waals surface area contributed by atoms with Gasteiger partial charge in [0, 0.05) is 0 Å². The molecule has 1 aromatic carbocycles. The summed E-state index contributed by atoms with van der Waals surface area (Å²) in [5.74, 6) is 2.47. The molecule has 1 saturated carbocycles. The van der Waals surface area contributed by atoms with E-state index in [1.807, 2.05) is 12.1 Å². The molecule has 106 valence electrons. The van der Waals surface area contributed by atoms with Crippen LogP contribution in [-0.4, -0.2) is 11.2 Å². The van der Waals surface area contributed by atoms with Gasteiger partial charge in [-0.2, -0.15) is 0 Å². The minimum Gasteiger partial charge on any atom is -0.508 e. The van der Waals surface area contributed by atoms with E-state index < -0.39 is 0 Å². The molecule has 1 fully saturated rings. The molecule has 1 aliphatic rings. The summed E-state index contributed by atoms with van der Waals surface area (Å²) in [5.41, 5.74) is 1.14. The molecule has 0 saturated heterocycles. The van der Waals surface area contributed by atoms with Gasteiger partial charge in [0.2, 0.25) is 0 Å². The van der Waals surface area contributed by atoms with E-state index in [0.717, 1.165) is 11.5 Å². The van der Waals surface area contributed by atoms with E-state index in [4.69, 9.17) is 4.74 Å². The van der Waals surface area contributed by atoms with Gasteiger partial charge in [0.1, 0.15) is 5.75 Å². The first-order chi connectivity index (χ1) is 9.06. The number of phenolic OH excluding ortho intramolecular Hbond substituents is 1. The molecule has 0 spiro atoms. The van der Waals surface area contributed by atoms with Crippen LogP contribution in [0.15, 0.2) is 24.3 Å². The van der Waals surface area contributed by atoms with Gasteiger partial charge in [0.25, 0.3) is 0 Å². The molecule has 0 bridgehead atoms. The standard InChI is InChI=1S/C17H26O2/c1-12(2)16-9-4-13(3)10-17(16)19-11-14-5-7-15(18)8-6-14/h5-8,12-13,16-18H,4,9-11H2,1-3H3/t13-,16+,17-/m1/s1. The molecule has 19 heavy (non-hydrogen) atoms. The number of rotatable bonds is 4. The van der Waals surface area contributed by atoms with Crippen LogP contribution in [0, 0.1) is 17.8 Å². The molecule has 0 radical (unpaired) electrons. The van der Waals surface area contributed by atoms with E-state index in [1.54, 1.807) is 12.1 Å². The third-order valence-corrected chi connectivity index (χ3v) is 4.36. The summed E-state index contributed by atoms with van der Waals surface area (Å²) in [6.07, 6.45) is 4.19. The van der Waals surface area contributed by atoms with Crippen molar-refractivity contribution in [2.24, 2.45) is 17.8 Å². The lowest BCUT2D eigenvalue weighted by atomic mass is 9.75. The Morgan fingerprint density at radius 1 is 1.21 bits per heavy atom. The largest absolute Gasteiger partial charge is 0.508 e. The average Bonchev–Trinajstić information content (AvgIpc) is 2.38. The van der Waals surface area contributed by atoms with Crippen molar-refractivity contribution >= 4 is 0 Å². The lowest BCUT2D eigenvalue weighted by Crippen LogP contribution is -2.34. The molecule has 1 aromatic rings. The van der Waals surface area contributed by atoms with Crippen LogP contribution < -0.4 is 0 Å². The summed E-state index contributed by atoms with van der Waals surface area (Å²) in [6.45, 7) is 7.59. The number of hydrogen-bond donors (Lipinski definition) is 1. The number of aromatic hydroxyl groups is 1. The summed E-state index contributed by atoms with van der Waals surface area (Å²) < 4.78 is 6.17. The van der Waals surface area contributed by atoms with Crippen molar-refractivity contribution in [1.29, 1.82) is 0 Å². The van der Waals surface area contributed by atoms with Gasteiger partial charge in [-0.1, -0.05) is 39.3 Å². The Hall–Kier alpha value is -1.02. The topological polar surface area (TPSA) is 29.5 Å². The number of ether oxygens (including phenoxy) is 1. The normalized spacial score (nSPS) is 27.7. The second kappa shape index (κ2) is 6.42. The molecule has 0 unspecified atom stereocenters. The third kappa shape index (κ3) is 3.97. The molecule has 0 aromatic heterocycles. The van der Waals surface area contributed by atoms with Crippen molar-refractivity contribution < 1.29 is 9.84 Å². The highest BCUT2D eigenvalue weighted by atomic mass is 16.5.